The summed E-state index contributed by atoms with van der Waals surface area (Å²) < 4.78 is 5.55. The van der Waals surface area contributed by atoms with Gasteiger partial charge in [-0.25, -0.2) is 4.98 Å². The maximum atomic E-state index is 12.6. The molecule has 0 aliphatic heterocycles. The summed E-state index contributed by atoms with van der Waals surface area (Å²) in [6.45, 7) is 6.37. The lowest BCUT2D eigenvalue weighted by atomic mass is 10.2. The Morgan fingerprint density at radius 2 is 2.07 bits per heavy atom. The third-order valence-corrected chi connectivity index (χ3v) is 5.03. The SMILES string of the molecule is CCCCc1ccc(C#N)c(SC(C)C(=O)Nc2ccccc2OCC)n1. The summed E-state index contributed by atoms with van der Waals surface area (Å²) in [5, 5.41) is 12.5. The Labute approximate surface area is 165 Å². The molecule has 2 rings (SSSR count). The molecule has 0 fully saturated rings. The number of unbranched alkanes of at least 4 members (excludes halogenated alkanes) is 1. The summed E-state index contributed by atoms with van der Waals surface area (Å²) >= 11 is 1.30. The first-order valence-electron chi connectivity index (χ1n) is 9.18. The van der Waals surface area contributed by atoms with Crippen LogP contribution in [0.25, 0.3) is 0 Å². The molecular formula is C21H25N3O2S. The van der Waals surface area contributed by atoms with E-state index in [1.165, 1.54) is 11.8 Å². The maximum absolute atomic E-state index is 12.6. The molecule has 0 aliphatic rings. The Kier molecular flexibility index (Phi) is 8.15. The number of anilines is 1. The summed E-state index contributed by atoms with van der Waals surface area (Å²) in [5.74, 6) is 0.486. The molecule has 27 heavy (non-hydrogen) atoms. The standard InChI is InChI=1S/C21H25N3O2S/c1-4-6-9-17-13-12-16(14-22)21(23-17)27-15(3)20(25)24-18-10-7-8-11-19(18)26-5-2/h7-8,10-13,15H,4-6,9H2,1-3H3,(H,24,25). The molecule has 6 heteroatoms. The van der Waals surface area contributed by atoms with Crippen molar-refractivity contribution in [3.63, 3.8) is 0 Å². The minimum atomic E-state index is -0.402. The maximum Gasteiger partial charge on any atom is 0.237 e. The highest BCUT2D eigenvalue weighted by molar-refractivity contribution is 8.00. The van der Waals surface area contributed by atoms with E-state index in [0.29, 0.717) is 28.6 Å². The number of aromatic nitrogens is 1. The lowest BCUT2D eigenvalue weighted by Gasteiger charge is -2.15. The van der Waals surface area contributed by atoms with E-state index >= 15 is 0 Å². The number of benzene rings is 1. The molecule has 1 unspecified atom stereocenters. The van der Waals surface area contributed by atoms with Crippen LogP contribution in [0.15, 0.2) is 41.4 Å². The van der Waals surface area contributed by atoms with Gasteiger partial charge in [-0.05, 0) is 51.0 Å². The molecular weight excluding hydrogens is 358 g/mol. The highest BCUT2D eigenvalue weighted by Crippen LogP contribution is 2.28. The minimum Gasteiger partial charge on any atom is -0.492 e. The van der Waals surface area contributed by atoms with Crippen LogP contribution in [-0.2, 0) is 11.2 Å². The van der Waals surface area contributed by atoms with Crippen molar-refractivity contribution in [1.29, 1.82) is 5.26 Å². The molecule has 1 heterocycles. The lowest BCUT2D eigenvalue weighted by molar-refractivity contribution is -0.115. The minimum absolute atomic E-state index is 0.156. The smallest absolute Gasteiger partial charge is 0.237 e. The molecule has 0 aliphatic carbocycles. The van der Waals surface area contributed by atoms with Crippen LogP contribution in [0.2, 0.25) is 0 Å². The summed E-state index contributed by atoms with van der Waals surface area (Å²) in [5.41, 5.74) is 2.09. The van der Waals surface area contributed by atoms with E-state index in [2.05, 4.69) is 23.3 Å². The Balaban J connectivity index is 2.11. The van der Waals surface area contributed by atoms with E-state index in [1.54, 1.807) is 6.07 Å². The number of aryl methyl sites for hydroxylation is 1. The molecule has 1 aromatic heterocycles. The number of nitrogens with one attached hydrogen (secondary N) is 1. The number of nitrogens with zero attached hydrogens (tertiary/aromatic N) is 2. The third-order valence-electron chi connectivity index (χ3n) is 3.93. The van der Waals surface area contributed by atoms with Crippen LogP contribution in [0, 0.1) is 11.3 Å². The Morgan fingerprint density at radius 1 is 1.30 bits per heavy atom. The summed E-state index contributed by atoms with van der Waals surface area (Å²) in [6.07, 6.45) is 3.01. The molecule has 1 atom stereocenters. The molecule has 0 radical (unpaired) electrons. The van der Waals surface area contributed by atoms with E-state index < -0.39 is 5.25 Å². The second-order valence-corrected chi connectivity index (χ2v) is 7.38. The van der Waals surface area contributed by atoms with Gasteiger partial charge in [0.1, 0.15) is 16.8 Å². The normalized spacial score (nSPS) is 11.5. The number of para-hydroxylation sites is 2. The first kappa shape index (κ1) is 20.8. The molecule has 1 N–H and O–H groups in total. The largest absolute Gasteiger partial charge is 0.492 e. The number of thioether (sulfide) groups is 1. The fourth-order valence-corrected chi connectivity index (χ4v) is 3.37. The summed E-state index contributed by atoms with van der Waals surface area (Å²) in [6, 6.07) is 13.2. The lowest BCUT2D eigenvalue weighted by Crippen LogP contribution is -2.23. The van der Waals surface area contributed by atoms with Crippen LogP contribution >= 0.6 is 11.8 Å². The highest BCUT2D eigenvalue weighted by atomic mass is 32.2. The molecule has 1 amide bonds. The number of carbonyl (C=O) groups excluding carboxylic acids is 1. The van der Waals surface area contributed by atoms with Crippen molar-refractivity contribution in [3.8, 4) is 11.8 Å². The van der Waals surface area contributed by atoms with Gasteiger partial charge >= 0.3 is 0 Å². The van der Waals surface area contributed by atoms with Gasteiger partial charge < -0.3 is 10.1 Å². The quantitative estimate of drug-likeness (QED) is 0.629. The van der Waals surface area contributed by atoms with Gasteiger partial charge in [-0.15, -0.1) is 0 Å². The van der Waals surface area contributed by atoms with Crippen LogP contribution in [0.4, 0.5) is 5.69 Å². The van der Waals surface area contributed by atoms with Crippen molar-refractivity contribution in [1.82, 2.24) is 4.98 Å². The Morgan fingerprint density at radius 3 is 2.78 bits per heavy atom. The molecule has 1 aromatic carbocycles. The van der Waals surface area contributed by atoms with Crippen LogP contribution in [0.3, 0.4) is 0 Å². The van der Waals surface area contributed by atoms with Gasteiger partial charge in [0.25, 0.3) is 0 Å². The monoisotopic (exact) mass is 383 g/mol. The van der Waals surface area contributed by atoms with Crippen LogP contribution in [0.5, 0.6) is 5.75 Å². The molecule has 0 saturated heterocycles. The second kappa shape index (κ2) is 10.6. The fourth-order valence-electron chi connectivity index (χ4n) is 2.46. The van der Waals surface area contributed by atoms with Crippen LogP contribution < -0.4 is 10.1 Å². The molecule has 0 saturated carbocycles. The van der Waals surface area contributed by atoms with Crippen molar-refractivity contribution in [2.24, 2.45) is 0 Å². The van der Waals surface area contributed by atoms with E-state index in [0.717, 1.165) is 25.0 Å². The fraction of sp³-hybridized carbons (Fsp3) is 0.381. The Bertz CT molecular complexity index is 817. The molecule has 142 valence electrons. The van der Waals surface area contributed by atoms with E-state index in [4.69, 9.17) is 4.74 Å². The van der Waals surface area contributed by atoms with Gasteiger partial charge in [-0.1, -0.05) is 37.2 Å². The van der Waals surface area contributed by atoms with Crippen LogP contribution in [-0.4, -0.2) is 22.7 Å². The molecule has 5 nitrogen and oxygen atoms in total. The van der Waals surface area contributed by atoms with Crippen molar-refractivity contribution in [3.05, 3.63) is 47.7 Å². The van der Waals surface area contributed by atoms with Gasteiger partial charge in [0, 0.05) is 5.69 Å². The van der Waals surface area contributed by atoms with Crippen molar-refractivity contribution < 1.29 is 9.53 Å². The molecule has 0 spiro atoms. The molecule has 0 bridgehead atoms. The number of hydrogen-bond donors (Lipinski definition) is 1. The van der Waals surface area contributed by atoms with Gasteiger partial charge in [-0.2, -0.15) is 5.26 Å². The number of nitriles is 1. The zero-order valence-corrected chi connectivity index (χ0v) is 16.8. The number of amides is 1. The number of rotatable bonds is 9. The van der Waals surface area contributed by atoms with Crippen molar-refractivity contribution in [2.45, 2.75) is 50.3 Å². The number of carbonyl (C=O) groups is 1. The van der Waals surface area contributed by atoms with Crippen molar-refractivity contribution >= 4 is 23.4 Å². The van der Waals surface area contributed by atoms with Crippen LogP contribution in [0.1, 0.15) is 44.9 Å². The summed E-state index contributed by atoms with van der Waals surface area (Å²) in [4.78, 5) is 17.2. The predicted molar refractivity (Wildman–Crippen MR) is 109 cm³/mol. The van der Waals surface area contributed by atoms with E-state index in [1.807, 2.05) is 44.2 Å². The zero-order chi connectivity index (χ0) is 19.6. The van der Waals surface area contributed by atoms with Gasteiger partial charge in [0.05, 0.1) is 23.1 Å². The Hall–Kier alpha value is -2.52. The van der Waals surface area contributed by atoms with E-state index in [9.17, 15) is 10.1 Å². The third kappa shape index (κ3) is 6.00. The van der Waals surface area contributed by atoms with Gasteiger partial charge in [0.15, 0.2) is 0 Å². The van der Waals surface area contributed by atoms with Gasteiger partial charge in [0.2, 0.25) is 5.91 Å². The first-order chi connectivity index (χ1) is 13.1. The van der Waals surface area contributed by atoms with E-state index in [-0.39, 0.29) is 5.91 Å². The average molecular weight is 384 g/mol. The van der Waals surface area contributed by atoms with Gasteiger partial charge in [-0.3, -0.25) is 4.79 Å². The predicted octanol–water partition coefficient (Wildman–Crippen LogP) is 4.81. The molecule has 2 aromatic rings. The summed E-state index contributed by atoms with van der Waals surface area (Å²) in [7, 11) is 0. The zero-order valence-electron chi connectivity index (χ0n) is 16.0. The topological polar surface area (TPSA) is 75.0 Å². The number of hydrogen-bond acceptors (Lipinski definition) is 5. The first-order valence-corrected chi connectivity index (χ1v) is 10.1. The second-order valence-electron chi connectivity index (χ2n) is 6.05. The number of ether oxygens (including phenoxy) is 1. The van der Waals surface area contributed by atoms with Crippen molar-refractivity contribution in [2.75, 3.05) is 11.9 Å². The highest BCUT2D eigenvalue weighted by Gasteiger charge is 2.19. The average Bonchev–Trinajstić information content (AvgIpc) is 2.68. The number of pyridine rings is 1.